The van der Waals surface area contributed by atoms with Crippen LogP contribution in [0.15, 0.2) is 230 Å². The van der Waals surface area contributed by atoms with E-state index in [0.717, 1.165) is 112 Å². The summed E-state index contributed by atoms with van der Waals surface area (Å²) in [7, 11) is 1.95. The second kappa shape index (κ2) is 50.5. The van der Waals surface area contributed by atoms with Crippen molar-refractivity contribution in [2.24, 2.45) is 32.9 Å². The topological polar surface area (TPSA) is 415 Å². The summed E-state index contributed by atoms with van der Waals surface area (Å²) >= 11 is 26.8. The average Bonchev–Trinajstić information content (AvgIpc) is 1.60. The number of aliphatic imine (C=N–C) groups is 2. The van der Waals surface area contributed by atoms with E-state index >= 15 is 0 Å². The van der Waals surface area contributed by atoms with Crippen LogP contribution in [0.1, 0.15) is 109 Å². The van der Waals surface area contributed by atoms with Crippen LogP contribution in [0.4, 0.5) is 4.79 Å². The van der Waals surface area contributed by atoms with Crippen molar-refractivity contribution >= 4 is 191 Å². The Hall–Kier alpha value is -6.82. The van der Waals surface area contributed by atoms with Crippen LogP contribution in [0.5, 0.6) is 5.75 Å². The predicted molar refractivity (Wildman–Crippen MR) is 518 cm³/mol. The van der Waals surface area contributed by atoms with Crippen LogP contribution < -0.4 is 119 Å². The number of imide groups is 1. The number of aliphatic hydroxyl groups is 1. The first-order valence-corrected chi connectivity index (χ1v) is 45.3. The number of allylic oxidation sites excluding steroid dienone is 1. The molecule has 2 aromatic heterocycles. The number of carbonyl (C=O) groups is 5. The number of urea groups is 1. The standard InChI is InChI=1S/C15H14N4O.C11H9BrN2O2.C11H11BrN2O.C11H12BrNO2.C10H12BrNO.2C9H7BrO.C9H7Br.C4H4BN2O2.CBrN.CN.CH4.B.K.Na.H/c16-14-19-15(8-20-14)4-10-2-1-3-12(13(10)5-15)11-6-17-9-18-7-11;12-8-3-1-2-6-4-11(5-7(6)8)9(15)13-10(16)14-11;12-9-3-1-2-7-4-11(5-8(7)9)6-15-10(13)14-11;1-15-10(14)11(13)5-7-3-2-4-9(12)8(7)6-11;11-9-3-1-2-7-4-10(12,6-13)5-8(7)9;10-9-3-1-2-6-4-7(11)5-8(6)9;10-8-3-1-2-7-6(8)4-5-9(7)11;10-9-6-2-4-7-3-1-5-8(7)9;8-5-9-4-1-6-3-7-2-4;2-1-3;1-2;;;;;/h1-3,6-7,9H,4-5,8H2,(H2,16,19);1-3H,4-5H2,(H2,13,14,15,16);1-3H,4-6H2,(H2,13,14);2-4H,5-6,13H2,1H3;1-3,13H,4-6,12H2;2*1-3H,4-5H2;1-4,6H,5H2;1-3,8H;;;1H4;;;;/q;;;;;;;;;;-1;;;2*+1;-1. The summed E-state index contributed by atoms with van der Waals surface area (Å²) in [4.78, 5) is 82.7. The third-order valence-electron chi connectivity index (χ3n) is 22.2. The molecular formula is C92H88B2Br8KN14NaO11. The van der Waals surface area contributed by atoms with E-state index in [-0.39, 0.29) is 134 Å². The minimum atomic E-state index is -0.888. The maximum atomic E-state index is 11.8. The van der Waals surface area contributed by atoms with Crippen molar-refractivity contribution in [3.63, 3.8) is 0 Å². The van der Waals surface area contributed by atoms with Gasteiger partial charge in [-0.2, -0.15) is 5.26 Å². The summed E-state index contributed by atoms with van der Waals surface area (Å²) in [5.41, 5.74) is 42.6. The van der Waals surface area contributed by atoms with Crippen molar-refractivity contribution in [1.29, 1.82) is 10.5 Å². The van der Waals surface area contributed by atoms with Gasteiger partial charge in [-0.1, -0.05) is 234 Å². The van der Waals surface area contributed by atoms with E-state index in [1.54, 1.807) is 11.3 Å². The molecule has 129 heavy (non-hydrogen) atoms. The van der Waals surface area contributed by atoms with Crippen molar-refractivity contribution < 1.29 is 135 Å². The largest absolute Gasteiger partial charge is 1.00 e. The number of aromatic nitrogens is 4. The monoisotopic (exact) mass is 2280 g/mol. The third-order valence-corrected chi connectivity index (χ3v) is 27.4. The van der Waals surface area contributed by atoms with Crippen molar-refractivity contribution in [2.45, 2.75) is 131 Å². The third kappa shape index (κ3) is 27.7. The SMILES string of the molecule is Brc1cccc2c1CC=C2.C.COC(=O)C1(N)Cc2cccc(Br)c2C1.N#CBr.NC1(CO)Cc2cccc(Br)c2C1.NC1=NC2(CO1)Cc1cccc(-c3cncnc3)c1C2.NC1=NC2(CO1)Cc1cccc(Br)c1C2.O=C1CCc2c(Br)cccc21.O=C1Cc2cccc(Br)c2C1.O=C1NC(=O)C2(Cc3cccc(Br)c3C2)N1.O[B]Oc1cncnc1.[B].[C-]#N.[H-].[K+].[Na+]. The molecule has 1 fully saturated rings. The van der Waals surface area contributed by atoms with E-state index in [9.17, 15) is 24.0 Å². The second-order valence-corrected chi connectivity index (χ2v) is 37.0. The molecule has 12 N–H and O–H groups in total. The van der Waals surface area contributed by atoms with Gasteiger partial charge >= 0.3 is 101 Å². The van der Waals surface area contributed by atoms with E-state index in [1.807, 2.05) is 97.3 Å². The molecule has 5 atom stereocenters. The van der Waals surface area contributed by atoms with Crippen molar-refractivity contribution in [1.82, 2.24) is 30.6 Å². The fraction of sp³-hybridized carbons (Fsp3) is 0.272. The number of ether oxygens (including phenoxy) is 3. The van der Waals surface area contributed by atoms with E-state index < -0.39 is 22.6 Å². The summed E-state index contributed by atoms with van der Waals surface area (Å²) < 4.78 is 27.5. The van der Waals surface area contributed by atoms with Crippen molar-refractivity contribution in [3.8, 4) is 21.9 Å². The van der Waals surface area contributed by atoms with E-state index in [0.29, 0.717) is 89.4 Å². The Labute approximate surface area is 885 Å². The fourth-order valence-electron chi connectivity index (χ4n) is 16.4. The maximum absolute atomic E-state index is 11.8. The van der Waals surface area contributed by atoms with Gasteiger partial charge in [-0.3, -0.25) is 24.5 Å². The minimum absolute atomic E-state index is 0. The number of rotatable bonds is 5. The normalized spacial score (nSPS) is 19.9. The maximum Gasteiger partial charge on any atom is 1.00 e. The van der Waals surface area contributed by atoms with Gasteiger partial charge in [-0.05, 0) is 157 Å². The number of benzene rings is 8. The van der Waals surface area contributed by atoms with Crippen LogP contribution in [0.3, 0.4) is 0 Å². The van der Waals surface area contributed by atoms with E-state index in [1.165, 1.54) is 97.1 Å². The number of Topliss-reactive ketones (excluding diaryl/α,β-unsaturated/α-hetero) is 2. The van der Waals surface area contributed by atoms with Crippen LogP contribution >= 0.6 is 127 Å². The molecule has 25 nitrogen and oxygen atoms in total. The molecular weight excluding hydrogens is 2200 g/mol. The molecule has 0 saturated carbocycles. The van der Waals surface area contributed by atoms with Gasteiger partial charge in [0.15, 0.2) is 5.78 Å². The van der Waals surface area contributed by atoms with Gasteiger partial charge in [0.2, 0.25) is 0 Å². The molecule has 10 aromatic rings. The van der Waals surface area contributed by atoms with Gasteiger partial charge in [-0.15, -0.1) is 0 Å². The van der Waals surface area contributed by atoms with E-state index in [2.05, 4.69) is 245 Å². The number of esters is 1. The molecule has 21 rings (SSSR count). The van der Waals surface area contributed by atoms with Gasteiger partial charge < -0.3 is 70.5 Å². The zero-order valence-electron chi connectivity index (χ0n) is 70.8. The summed E-state index contributed by atoms with van der Waals surface area (Å²) in [6.45, 7) is 5.98. The van der Waals surface area contributed by atoms with Crippen LogP contribution in [0.25, 0.3) is 17.2 Å². The number of carbonyl (C=O) groups excluding carboxylic acids is 5. The Bertz CT molecular complexity index is 5870. The molecule has 0 bridgehead atoms. The number of methoxy groups -OCH3 is 1. The first-order valence-electron chi connectivity index (χ1n) is 39.0. The van der Waals surface area contributed by atoms with Crippen LogP contribution in [-0.2, 0) is 118 Å². The zero-order chi connectivity index (χ0) is 89.8. The Morgan fingerprint density at radius 3 is 1.46 bits per heavy atom. The zero-order valence-corrected chi connectivity index (χ0v) is 87.6. The first kappa shape index (κ1) is 109. The summed E-state index contributed by atoms with van der Waals surface area (Å²) in [6, 6.07) is 48.8. The molecule has 5 unspecified atom stereocenters. The smallest absolute Gasteiger partial charge is 1.00 e. The number of hydrogen-bond donors (Lipinski definition) is 8. The molecule has 3 amide bonds. The van der Waals surface area contributed by atoms with E-state index in [4.69, 9.17) is 64.4 Å². The summed E-state index contributed by atoms with van der Waals surface area (Å²) in [6.07, 6.45) is 25.1. The Kier molecular flexibility index (Phi) is 42.7. The van der Waals surface area contributed by atoms with Crippen LogP contribution in [0, 0.1) is 22.1 Å². The Morgan fingerprint density at radius 1 is 0.566 bits per heavy atom. The number of ketones is 2. The van der Waals surface area contributed by atoms with Gasteiger partial charge in [0.05, 0.1) is 26.1 Å². The number of aliphatic hydroxyl groups excluding tert-OH is 1. The van der Waals surface area contributed by atoms with Gasteiger partial charge in [-0.25, -0.2) is 34.7 Å². The molecule has 4 radical (unpaired) electrons. The average molecular weight is 2290 g/mol. The number of nitriles is 1. The Balaban J connectivity index is 0.000000225. The molecule has 1 saturated heterocycles. The summed E-state index contributed by atoms with van der Waals surface area (Å²) in [5.74, 6) is 0.458. The quantitative estimate of drug-likeness (QED) is 0.0344. The number of hydrogen-bond acceptors (Lipinski definition) is 23. The van der Waals surface area contributed by atoms with Gasteiger partial charge in [0.25, 0.3) is 18.0 Å². The fourth-order valence-corrected chi connectivity index (χ4v) is 20.3. The molecule has 656 valence electrons. The predicted octanol–water partition coefficient (Wildman–Crippen LogP) is 9.17. The number of halogens is 8. The molecule has 3 aliphatic heterocycles. The number of nitrogens with one attached hydrogen (secondary N) is 2. The van der Waals surface area contributed by atoms with Crippen LogP contribution in [0.2, 0.25) is 0 Å². The van der Waals surface area contributed by atoms with Crippen molar-refractivity contribution in [2.75, 3.05) is 26.9 Å². The number of nitrogens with two attached hydrogens (primary N) is 4. The number of amides is 3. The second-order valence-electron chi connectivity index (χ2n) is 30.7. The molecule has 8 aromatic carbocycles. The number of fused-ring (bicyclic) bond motifs is 8. The molecule has 5 heterocycles. The van der Waals surface area contributed by atoms with Gasteiger partial charge in [0, 0.05) is 155 Å². The number of nitrogens with zero attached hydrogens (tertiary/aromatic N) is 8. The van der Waals surface area contributed by atoms with Crippen molar-refractivity contribution in [3.05, 3.63) is 316 Å². The molecule has 3 spiro atoms. The summed E-state index contributed by atoms with van der Waals surface area (Å²) in [5, 5.41) is 35.8. The molecule has 11 aliphatic rings. The Morgan fingerprint density at radius 2 is 1.00 bits per heavy atom. The van der Waals surface area contributed by atoms with Crippen LogP contribution in [-0.4, -0.2) is 142 Å². The molecule has 8 aliphatic carbocycles. The van der Waals surface area contributed by atoms with Gasteiger partial charge in [0.1, 0.15) is 64.5 Å². The number of amidine groups is 2. The minimum Gasteiger partial charge on any atom is -1.00 e. The first-order chi connectivity index (χ1) is 60.0. The molecule has 37 heteroatoms.